The zero-order valence-electron chi connectivity index (χ0n) is 12.5. The molecule has 0 aromatic carbocycles. The number of ether oxygens (including phenoxy) is 1. The van der Waals surface area contributed by atoms with Gasteiger partial charge in [-0.1, -0.05) is 6.92 Å². The Bertz CT molecular complexity index is 472. The normalized spacial score (nSPS) is 21.0. The van der Waals surface area contributed by atoms with Crippen LogP contribution >= 0.6 is 0 Å². The van der Waals surface area contributed by atoms with Crippen LogP contribution in [0.5, 0.6) is 0 Å². The monoisotopic (exact) mass is 280 g/mol. The van der Waals surface area contributed by atoms with Crippen LogP contribution in [0.1, 0.15) is 24.7 Å². The zero-order chi connectivity index (χ0) is 14.7. The van der Waals surface area contributed by atoms with Crippen molar-refractivity contribution in [2.75, 3.05) is 19.7 Å². The molecule has 1 aliphatic heterocycles. The summed E-state index contributed by atoms with van der Waals surface area (Å²) < 4.78 is 7.68. The van der Waals surface area contributed by atoms with Crippen molar-refractivity contribution in [2.24, 2.45) is 5.73 Å². The molecule has 6 heteroatoms. The number of carbonyl (C=O) groups is 1. The average Bonchev–Trinajstić information content (AvgIpc) is 2.75. The highest BCUT2D eigenvalue weighted by atomic mass is 16.5. The quantitative estimate of drug-likeness (QED) is 0.870. The van der Waals surface area contributed by atoms with E-state index in [9.17, 15) is 4.79 Å². The van der Waals surface area contributed by atoms with Crippen molar-refractivity contribution in [2.45, 2.75) is 45.9 Å². The number of amides is 1. The molecule has 0 saturated carbocycles. The summed E-state index contributed by atoms with van der Waals surface area (Å²) in [5.41, 5.74) is 7.93. The number of hydrogen-bond donors (Lipinski definition) is 1. The van der Waals surface area contributed by atoms with E-state index in [1.165, 1.54) is 0 Å². The van der Waals surface area contributed by atoms with E-state index >= 15 is 0 Å². The molecule has 112 valence electrons. The number of nitrogens with two attached hydrogens (primary N) is 1. The molecule has 0 spiro atoms. The molecular formula is C14H24N4O2. The molecule has 2 atom stereocenters. The number of hydrogen-bond acceptors (Lipinski definition) is 4. The Morgan fingerprint density at radius 2 is 2.35 bits per heavy atom. The molecule has 2 rings (SSSR count). The Kier molecular flexibility index (Phi) is 4.77. The fourth-order valence-electron chi connectivity index (χ4n) is 2.49. The second-order valence-electron chi connectivity index (χ2n) is 5.40. The molecule has 0 radical (unpaired) electrons. The largest absolute Gasteiger partial charge is 0.373 e. The third kappa shape index (κ3) is 3.37. The van der Waals surface area contributed by atoms with Crippen molar-refractivity contribution in [1.82, 2.24) is 14.7 Å². The van der Waals surface area contributed by atoms with Crippen LogP contribution in [0.15, 0.2) is 6.07 Å². The van der Waals surface area contributed by atoms with Gasteiger partial charge in [-0.3, -0.25) is 9.48 Å². The Labute approximate surface area is 119 Å². The summed E-state index contributed by atoms with van der Waals surface area (Å²) in [5, 5.41) is 4.43. The standard InChI is InChI=1S/C14H24N4O2/c1-4-13(15)14(19)17-5-6-20-12(8-17)9-18-11(3)7-10(2)16-18/h7,12-13H,4-6,8-9,15H2,1-3H3/t12?,13-/m0/s1. The molecule has 1 saturated heterocycles. The third-order valence-electron chi connectivity index (χ3n) is 3.69. The predicted octanol–water partition coefficient (Wildman–Crippen LogP) is 0.465. The summed E-state index contributed by atoms with van der Waals surface area (Å²) in [6, 6.07) is 1.64. The van der Waals surface area contributed by atoms with Gasteiger partial charge in [0.05, 0.1) is 31.0 Å². The van der Waals surface area contributed by atoms with Gasteiger partial charge in [0.2, 0.25) is 5.91 Å². The van der Waals surface area contributed by atoms with Crippen LogP contribution in [0, 0.1) is 13.8 Å². The zero-order valence-corrected chi connectivity index (χ0v) is 12.5. The first-order valence-corrected chi connectivity index (χ1v) is 7.18. The highest BCUT2D eigenvalue weighted by Crippen LogP contribution is 2.11. The van der Waals surface area contributed by atoms with Crippen molar-refractivity contribution in [1.29, 1.82) is 0 Å². The van der Waals surface area contributed by atoms with Gasteiger partial charge in [-0.25, -0.2) is 0 Å². The summed E-state index contributed by atoms with van der Waals surface area (Å²) in [5.74, 6) is 0.0224. The van der Waals surface area contributed by atoms with Crippen LogP contribution < -0.4 is 5.73 Å². The maximum Gasteiger partial charge on any atom is 0.239 e. The molecular weight excluding hydrogens is 256 g/mol. The first-order valence-electron chi connectivity index (χ1n) is 7.18. The van der Waals surface area contributed by atoms with Gasteiger partial charge in [0.25, 0.3) is 0 Å². The van der Waals surface area contributed by atoms with Crippen LogP contribution in [-0.2, 0) is 16.1 Å². The number of aryl methyl sites for hydroxylation is 2. The lowest BCUT2D eigenvalue weighted by Gasteiger charge is -2.34. The summed E-state index contributed by atoms with van der Waals surface area (Å²) in [6.45, 7) is 8.37. The molecule has 1 aromatic heterocycles. The van der Waals surface area contributed by atoms with E-state index in [0.29, 0.717) is 32.7 Å². The fraction of sp³-hybridized carbons (Fsp3) is 0.714. The van der Waals surface area contributed by atoms with Crippen molar-refractivity contribution in [3.63, 3.8) is 0 Å². The molecule has 6 nitrogen and oxygen atoms in total. The minimum absolute atomic E-state index is 0.0187. The number of carbonyl (C=O) groups excluding carboxylic acids is 1. The molecule has 1 unspecified atom stereocenters. The van der Waals surface area contributed by atoms with E-state index in [0.717, 1.165) is 11.4 Å². The van der Waals surface area contributed by atoms with Gasteiger partial charge >= 0.3 is 0 Å². The Hall–Kier alpha value is -1.40. The molecule has 1 amide bonds. The Balaban J connectivity index is 1.97. The molecule has 1 aliphatic rings. The number of aromatic nitrogens is 2. The van der Waals surface area contributed by atoms with Crippen LogP contribution in [0.3, 0.4) is 0 Å². The van der Waals surface area contributed by atoms with Crippen molar-refractivity contribution < 1.29 is 9.53 Å². The minimum Gasteiger partial charge on any atom is -0.373 e. The molecule has 2 heterocycles. The highest BCUT2D eigenvalue weighted by molar-refractivity contribution is 5.81. The van der Waals surface area contributed by atoms with Crippen LogP contribution in [0.4, 0.5) is 0 Å². The van der Waals surface area contributed by atoms with Gasteiger partial charge in [-0.2, -0.15) is 5.10 Å². The molecule has 0 aliphatic carbocycles. The number of rotatable bonds is 4. The SMILES string of the molecule is CC[C@H](N)C(=O)N1CCOC(Cn2nc(C)cc2C)C1. The summed E-state index contributed by atoms with van der Waals surface area (Å²) in [6.07, 6.45) is 0.646. The molecule has 2 N–H and O–H groups in total. The van der Waals surface area contributed by atoms with Gasteiger partial charge in [0.1, 0.15) is 0 Å². The van der Waals surface area contributed by atoms with Gasteiger partial charge in [-0.05, 0) is 26.3 Å². The van der Waals surface area contributed by atoms with E-state index in [1.807, 2.05) is 36.4 Å². The number of morpholine rings is 1. The highest BCUT2D eigenvalue weighted by Gasteiger charge is 2.27. The van der Waals surface area contributed by atoms with E-state index in [2.05, 4.69) is 5.10 Å². The Morgan fingerprint density at radius 3 is 2.95 bits per heavy atom. The summed E-state index contributed by atoms with van der Waals surface area (Å²) >= 11 is 0. The van der Waals surface area contributed by atoms with Gasteiger partial charge in [0.15, 0.2) is 0 Å². The molecule has 1 aromatic rings. The molecule has 1 fully saturated rings. The van der Waals surface area contributed by atoms with Crippen LogP contribution in [-0.4, -0.2) is 52.4 Å². The van der Waals surface area contributed by atoms with Crippen molar-refractivity contribution in [3.8, 4) is 0 Å². The van der Waals surface area contributed by atoms with Gasteiger partial charge in [0, 0.05) is 18.8 Å². The van der Waals surface area contributed by atoms with Crippen molar-refractivity contribution in [3.05, 3.63) is 17.5 Å². The van der Waals surface area contributed by atoms with Crippen LogP contribution in [0.25, 0.3) is 0 Å². The first-order chi connectivity index (χ1) is 9.51. The maximum absolute atomic E-state index is 12.1. The van der Waals surface area contributed by atoms with Gasteiger partial charge < -0.3 is 15.4 Å². The fourth-order valence-corrected chi connectivity index (χ4v) is 2.49. The lowest BCUT2D eigenvalue weighted by atomic mass is 10.2. The summed E-state index contributed by atoms with van der Waals surface area (Å²) in [4.78, 5) is 13.9. The topological polar surface area (TPSA) is 73.4 Å². The van der Waals surface area contributed by atoms with Crippen molar-refractivity contribution >= 4 is 5.91 Å². The third-order valence-corrected chi connectivity index (χ3v) is 3.69. The second kappa shape index (κ2) is 6.37. The molecule has 20 heavy (non-hydrogen) atoms. The molecule has 0 bridgehead atoms. The summed E-state index contributed by atoms with van der Waals surface area (Å²) in [7, 11) is 0. The lowest BCUT2D eigenvalue weighted by Crippen LogP contribution is -2.52. The smallest absolute Gasteiger partial charge is 0.239 e. The first kappa shape index (κ1) is 15.0. The van der Waals surface area contributed by atoms with E-state index in [4.69, 9.17) is 10.5 Å². The van der Waals surface area contributed by atoms with E-state index < -0.39 is 6.04 Å². The average molecular weight is 280 g/mol. The van der Waals surface area contributed by atoms with E-state index in [-0.39, 0.29) is 12.0 Å². The second-order valence-corrected chi connectivity index (χ2v) is 5.40. The lowest BCUT2D eigenvalue weighted by molar-refractivity contribution is -0.140. The maximum atomic E-state index is 12.1. The van der Waals surface area contributed by atoms with Gasteiger partial charge in [-0.15, -0.1) is 0 Å². The van der Waals surface area contributed by atoms with Crippen LogP contribution in [0.2, 0.25) is 0 Å². The number of nitrogens with zero attached hydrogens (tertiary/aromatic N) is 3. The van der Waals surface area contributed by atoms with E-state index in [1.54, 1.807) is 0 Å². The predicted molar refractivity (Wildman–Crippen MR) is 76.3 cm³/mol. The minimum atomic E-state index is -0.401. The Morgan fingerprint density at radius 1 is 1.60 bits per heavy atom.